The van der Waals surface area contributed by atoms with Crippen LogP contribution < -0.4 is 0 Å². The number of hydrogen-bond donors (Lipinski definition) is 0. The summed E-state index contributed by atoms with van der Waals surface area (Å²) in [5.41, 5.74) is -0.0658. The molecule has 1 unspecified atom stereocenters. The van der Waals surface area contributed by atoms with E-state index in [1.54, 1.807) is 0 Å². The van der Waals surface area contributed by atoms with Crippen molar-refractivity contribution in [2.45, 2.75) is 92.2 Å². The molecule has 1 saturated heterocycles. The van der Waals surface area contributed by atoms with Crippen molar-refractivity contribution in [3.8, 4) is 6.07 Å². The van der Waals surface area contributed by atoms with Crippen LogP contribution in [-0.4, -0.2) is 48.1 Å². The van der Waals surface area contributed by atoms with Crippen molar-refractivity contribution in [2.24, 2.45) is 5.41 Å². The third-order valence-electron chi connectivity index (χ3n) is 5.27. The molecule has 3 nitrogen and oxygen atoms in total. The molecule has 0 aromatic heterocycles. The van der Waals surface area contributed by atoms with E-state index in [0.29, 0.717) is 12.1 Å². The van der Waals surface area contributed by atoms with E-state index in [4.69, 9.17) is 5.26 Å². The van der Waals surface area contributed by atoms with Gasteiger partial charge in [0.05, 0.1) is 11.5 Å². The highest BCUT2D eigenvalue weighted by Gasteiger charge is 2.28. The SMILES string of the molecule is C=CCCN(CCCC)C(C)C.CC(C)N1CCCC(C)(C#N)CC1. The van der Waals surface area contributed by atoms with Crippen molar-refractivity contribution < 1.29 is 0 Å². The smallest absolute Gasteiger partial charge is 0.0687 e. The van der Waals surface area contributed by atoms with Gasteiger partial charge in [0.2, 0.25) is 0 Å². The lowest BCUT2D eigenvalue weighted by Crippen LogP contribution is -2.32. The molecule has 25 heavy (non-hydrogen) atoms. The van der Waals surface area contributed by atoms with Crippen LogP contribution in [0.3, 0.4) is 0 Å². The first kappa shape index (κ1) is 24.1. The minimum atomic E-state index is -0.0658. The molecule has 0 radical (unpaired) electrons. The van der Waals surface area contributed by atoms with Gasteiger partial charge in [-0.3, -0.25) is 0 Å². The van der Waals surface area contributed by atoms with E-state index in [0.717, 1.165) is 32.4 Å². The Kier molecular flexibility index (Phi) is 12.9. The fourth-order valence-corrected chi connectivity index (χ4v) is 3.17. The van der Waals surface area contributed by atoms with Gasteiger partial charge >= 0.3 is 0 Å². The highest BCUT2D eigenvalue weighted by atomic mass is 15.1. The maximum absolute atomic E-state index is 9.03. The van der Waals surface area contributed by atoms with Gasteiger partial charge in [-0.05, 0) is 86.4 Å². The highest BCUT2D eigenvalue weighted by molar-refractivity contribution is 4.97. The second kappa shape index (κ2) is 13.4. The van der Waals surface area contributed by atoms with Crippen LogP contribution in [0.5, 0.6) is 0 Å². The molecule has 0 aromatic rings. The number of nitriles is 1. The van der Waals surface area contributed by atoms with Gasteiger partial charge in [0, 0.05) is 18.6 Å². The molecule has 1 rings (SSSR count). The Labute approximate surface area is 158 Å². The van der Waals surface area contributed by atoms with E-state index in [1.807, 2.05) is 6.08 Å². The van der Waals surface area contributed by atoms with Crippen molar-refractivity contribution in [3.05, 3.63) is 12.7 Å². The second-order valence-electron chi connectivity index (χ2n) is 8.22. The molecule has 0 amide bonds. The molecule has 0 aliphatic carbocycles. The third kappa shape index (κ3) is 10.7. The van der Waals surface area contributed by atoms with E-state index in [2.05, 4.69) is 64.0 Å². The van der Waals surface area contributed by atoms with Gasteiger partial charge in [-0.2, -0.15) is 5.26 Å². The molecule has 0 saturated carbocycles. The normalized spacial score (nSPS) is 21.6. The first-order chi connectivity index (χ1) is 11.8. The summed E-state index contributed by atoms with van der Waals surface area (Å²) in [6, 6.07) is 3.76. The largest absolute Gasteiger partial charge is 0.301 e. The van der Waals surface area contributed by atoms with Crippen LogP contribution in [0.15, 0.2) is 12.7 Å². The minimum absolute atomic E-state index is 0.0658. The van der Waals surface area contributed by atoms with Crippen molar-refractivity contribution >= 4 is 0 Å². The zero-order valence-corrected chi connectivity index (χ0v) is 17.9. The van der Waals surface area contributed by atoms with Gasteiger partial charge in [-0.25, -0.2) is 0 Å². The van der Waals surface area contributed by atoms with Crippen LogP contribution >= 0.6 is 0 Å². The standard InChI is InChI=1S/C11H20N2.C11H23N/c1-10(2)13-7-4-5-11(3,9-12)6-8-13;1-5-7-9-12(11(3)4)10-8-6-2/h10H,4-8H2,1-3H3;5,11H,1,6-10H2,2-4H3. The highest BCUT2D eigenvalue weighted by Crippen LogP contribution is 2.30. The van der Waals surface area contributed by atoms with Gasteiger partial charge in [0.1, 0.15) is 0 Å². The predicted molar refractivity (Wildman–Crippen MR) is 111 cm³/mol. The Bertz CT molecular complexity index is 383. The predicted octanol–water partition coefficient (Wildman–Crippen LogP) is 5.48. The summed E-state index contributed by atoms with van der Waals surface area (Å²) in [6.07, 6.45) is 8.98. The average Bonchev–Trinajstić information content (AvgIpc) is 2.78. The average molecular weight is 350 g/mol. The van der Waals surface area contributed by atoms with Crippen molar-refractivity contribution in [3.63, 3.8) is 0 Å². The van der Waals surface area contributed by atoms with Crippen LogP contribution in [0.4, 0.5) is 0 Å². The molecule has 1 heterocycles. The number of rotatable bonds is 8. The summed E-state index contributed by atoms with van der Waals surface area (Å²) in [5, 5.41) is 9.03. The molecule has 1 aliphatic rings. The number of hydrogen-bond acceptors (Lipinski definition) is 3. The molecule has 0 bridgehead atoms. The van der Waals surface area contributed by atoms with E-state index in [9.17, 15) is 0 Å². The Hall–Kier alpha value is -0.850. The lowest BCUT2D eigenvalue weighted by Gasteiger charge is -2.25. The van der Waals surface area contributed by atoms with Crippen molar-refractivity contribution in [2.75, 3.05) is 26.2 Å². The van der Waals surface area contributed by atoms with Crippen LogP contribution in [0.25, 0.3) is 0 Å². The van der Waals surface area contributed by atoms with Crippen molar-refractivity contribution in [1.29, 1.82) is 5.26 Å². The maximum atomic E-state index is 9.03. The molecular formula is C22H43N3. The van der Waals surface area contributed by atoms with E-state index in [1.165, 1.54) is 32.4 Å². The summed E-state index contributed by atoms with van der Waals surface area (Å²) < 4.78 is 0. The second-order valence-corrected chi connectivity index (χ2v) is 8.22. The molecular weight excluding hydrogens is 306 g/mol. The summed E-state index contributed by atoms with van der Waals surface area (Å²) in [5.74, 6) is 0. The van der Waals surface area contributed by atoms with Crippen LogP contribution in [0.1, 0.15) is 80.1 Å². The van der Waals surface area contributed by atoms with Crippen LogP contribution in [-0.2, 0) is 0 Å². The van der Waals surface area contributed by atoms with Crippen LogP contribution in [0.2, 0.25) is 0 Å². The summed E-state index contributed by atoms with van der Waals surface area (Å²) in [7, 11) is 0. The maximum Gasteiger partial charge on any atom is 0.0687 e. The number of unbranched alkanes of at least 4 members (excludes halogenated alkanes) is 1. The summed E-state index contributed by atoms with van der Waals surface area (Å²) >= 11 is 0. The van der Waals surface area contributed by atoms with Gasteiger partial charge < -0.3 is 9.80 Å². The molecule has 146 valence electrons. The van der Waals surface area contributed by atoms with Gasteiger partial charge in [0.15, 0.2) is 0 Å². The monoisotopic (exact) mass is 349 g/mol. The Morgan fingerprint density at radius 1 is 1.20 bits per heavy atom. The Morgan fingerprint density at radius 3 is 2.36 bits per heavy atom. The number of likely N-dealkylation sites (tertiary alicyclic amines) is 1. The molecule has 0 N–H and O–H groups in total. The Morgan fingerprint density at radius 2 is 1.88 bits per heavy atom. The minimum Gasteiger partial charge on any atom is -0.301 e. The van der Waals surface area contributed by atoms with E-state index >= 15 is 0 Å². The topological polar surface area (TPSA) is 30.3 Å². The lowest BCUT2D eigenvalue weighted by molar-refractivity contribution is 0.222. The summed E-state index contributed by atoms with van der Waals surface area (Å²) in [4.78, 5) is 4.99. The zero-order chi connectivity index (χ0) is 19.3. The first-order valence-electron chi connectivity index (χ1n) is 10.3. The quantitative estimate of drug-likeness (QED) is 0.543. The molecule has 3 heteroatoms. The van der Waals surface area contributed by atoms with E-state index < -0.39 is 0 Å². The fourth-order valence-electron chi connectivity index (χ4n) is 3.17. The lowest BCUT2D eigenvalue weighted by atomic mass is 9.85. The van der Waals surface area contributed by atoms with Crippen LogP contribution in [0, 0.1) is 16.7 Å². The molecule has 0 aromatic carbocycles. The zero-order valence-electron chi connectivity index (χ0n) is 17.9. The van der Waals surface area contributed by atoms with Gasteiger partial charge in [0.25, 0.3) is 0 Å². The van der Waals surface area contributed by atoms with Crippen molar-refractivity contribution in [1.82, 2.24) is 9.80 Å². The number of nitrogens with zero attached hydrogens (tertiary/aromatic N) is 3. The first-order valence-corrected chi connectivity index (χ1v) is 10.3. The summed E-state index contributed by atoms with van der Waals surface area (Å²) in [6.45, 7) is 21.7. The molecule has 1 fully saturated rings. The third-order valence-corrected chi connectivity index (χ3v) is 5.27. The van der Waals surface area contributed by atoms with E-state index in [-0.39, 0.29) is 5.41 Å². The van der Waals surface area contributed by atoms with Gasteiger partial charge in [-0.15, -0.1) is 6.58 Å². The molecule has 1 atom stereocenters. The Balaban J connectivity index is 0.000000463. The van der Waals surface area contributed by atoms with Gasteiger partial charge in [-0.1, -0.05) is 19.4 Å². The fraction of sp³-hybridized carbons (Fsp3) is 0.864. The molecule has 1 aliphatic heterocycles. The molecule has 0 spiro atoms.